The lowest BCUT2D eigenvalue weighted by atomic mass is 9.96. The van der Waals surface area contributed by atoms with Gasteiger partial charge in [0.25, 0.3) is 0 Å². The third-order valence-corrected chi connectivity index (χ3v) is 6.24. The molecule has 34 heavy (non-hydrogen) atoms. The Morgan fingerprint density at radius 1 is 0.765 bits per heavy atom. The van der Waals surface area contributed by atoms with Gasteiger partial charge in [-0.15, -0.1) is 0 Å². The Kier molecular flexibility index (Phi) is 32.4. The monoisotopic (exact) mass is 539 g/mol. The molecule has 0 spiro atoms. The maximum Gasteiger partial charge on any atom is 0.147 e. The average Bonchev–Trinajstić information content (AvgIpc) is 2.83. The lowest BCUT2D eigenvalue weighted by molar-refractivity contribution is -0.122. The third-order valence-electron chi connectivity index (χ3n) is 5.04. The predicted octanol–water partition coefficient (Wildman–Crippen LogP) is 3.08. The van der Waals surface area contributed by atoms with E-state index < -0.39 is 0 Å². The highest BCUT2D eigenvalue weighted by Gasteiger charge is 2.17. The SMILES string of the molecule is CCCCCCCCCCC(CN[C@@H](CS)C(C)=O)C(C)=O.N[C@H](C=O)CS.N[C@H](C=O)CS. The van der Waals surface area contributed by atoms with Gasteiger partial charge in [-0.05, 0) is 20.3 Å². The van der Waals surface area contributed by atoms with Crippen LogP contribution in [0.25, 0.3) is 0 Å². The zero-order chi connectivity index (χ0) is 26.8. The molecule has 0 radical (unpaired) electrons. The van der Waals surface area contributed by atoms with E-state index in [-0.39, 0.29) is 35.6 Å². The number of aldehydes is 2. The van der Waals surface area contributed by atoms with Gasteiger partial charge < -0.3 is 26.4 Å². The van der Waals surface area contributed by atoms with E-state index in [9.17, 15) is 19.2 Å². The van der Waals surface area contributed by atoms with Crippen LogP contribution >= 0.6 is 37.9 Å². The van der Waals surface area contributed by atoms with Crippen LogP contribution in [0, 0.1) is 5.92 Å². The molecule has 4 atom stereocenters. The van der Waals surface area contributed by atoms with Crippen molar-refractivity contribution in [2.45, 2.75) is 96.7 Å². The number of unbranched alkanes of at least 4 members (excludes halogenated alkanes) is 7. The van der Waals surface area contributed by atoms with E-state index in [1.54, 1.807) is 13.8 Å². The molecule has 0 aromatic heterocycles. The van der Waals surface area contributed by atoms with E-state index in [1.165, 1.54) is 44.9 Å². The Morgan fingerprint density at radius 2 is 1.21 bits per heavy atom. The maximum absolute atomic E-state index is 11.7. The summed E-state index contributed by atoms with van der Waals surface area (Å²) in [4.78, 5) is 42.2. The molecule has 0 heterocycles. The fraction of sp³-hybridized carbons (Fsp3) is 0.833. The second-order valence-electron chi connectivity index (χ2n) is 8.29. The Labute approximate surface area is 223 Å². The standard InChI is InChI=1S/C18H35NO2S.2C3H7NOS/c1-4-5-6-7-8-9-10-11-12-17(15(2)20)13-19-18(14-22)16(3)21;2*4-3(1-5)2-6/h17-19,22H,4-14H2,1-3H3;2*1,3,6H,2,4H2/t17?,18-;2*3-/m011/s1. The van der Waals surface area contributed by atoms with Crippen LogP contribution in [0.15, 0.2) is 0 Å². The van der Waals surface area contributed by atoms with E-state index in [2.05, 4.69) is 50.1 Å². The van der Waals surface area contributed by atoms with E-state index in [0.717, 1.165) is 12.8 Å². The molecule has 7 nitrogen and oxygen atoms in total. The molecule has 202 valence electrons. The molecule has 0 rings (SSSR count). The number of carbonyl (C=O) groups is 4. The van der Waals surface area contributed by atoms with Crippen LogP contribution < -0.4 is 16.8 Å². The first-order chi connectivity index (χ1) is 16.1. The molecule has 0 amide bonds. The number of nitrogens with one attached hydrogen (secondary N) is 1. The van der Waals surface area contributed by atoms with Crippen LogP contribution in [0.1, 0.15) is 78.6 Å². The zero-order valence-electron chi connectivity index (χ0n) is 21.3. The van der Waals surface area contributed by atoms with Gasteiger partial charge in [0.05, 0.1) is 18.1 Å². The minimum atomic E-state index is -0.381. The van der Waals surface area contributed by atoms with Gasteiger partial charge >= 0.3 is 0 Å². The van der Waals surface area contributed by atoms with Crippen molar-refractivity contribution in [2.24, 2.45) is 17.4 Å². The molecule has 0 aliphatic rings. The summed E-state index contributed by atoms with van der Waals surface area (Å²) >= 11 is 11.7. The highest BCUT2D eigenvalue weighted by molar-refractivity contribution is 7.80. The zero-order valence-corrected chi connectivity index (χ0v) is 24.0. The number of ketones is 2. The highest BCUT2D eigenvalue weighted by Crippen LogP contribution is 2.14. The molecular weight excluding hydrogens is 490 g/mol. The van der Waals surface area contributed by atoms with Gasteiger partial charge in [-0.3, -0.25) is 9.59 Å². The summed E-state index contributed by atoms with van der Waals surface area (Å²) in [7, 11) is 0. The summed E-state index contributed by atoms with van der Waals surface area (Å²) in [6.45, 7) is 6.05. The van der Waals surface area contributed by atoms with Gasteiger partial charge in [-0.2, -0.15) is 37.9 Å². The van der Waals surface area contributed by atoms with Gasteiger partial charge in [0.1, 0.15) is 24.1 Å². The summed E-state index contributed by atoms with van der Waals surface area (Å²) < 4.78 is 0. The van der Waals surface area contributed by atoms with Crippen molar-refractivity contribution in [1.29, 1.82) is 0 Å². The van der Waals surface area contributed by atoms with Gasteiger partial charge in [-0.1, -0.05) is 58.3 Å². The predicted molar refractivity (Wildman–Crippen MR) is 154 cm³/mol. The van der Waals surface area contributed by atoms with E-state index in [4.69, 9.17) is 11.5 Å². The molecule has 0 saturated carbocycles. The number of hydrogen-bond acceptors (Lipinski definition) is 10. The maximum atomic E-state index is 11.7. The summed E-state index contributed by atoms with van der Waals surface area (Å²) in [5.74, 6) is 1.69. The minimum Gasteiger partial charge on any atom is -0.321 e. The molecule has 0 fully saturated rings. The van der Waals surface area contributed by atoms with Gasteiger partial charge in [0, 0.05) is 29.7 Å². The highest BCUT2D eigenvalue weighted by atomic mass is 32.1. The Bertz CT molecular complexity index is 500. The van der Waals surface area contributed by atoms with Crippen LogP contribution in [-0.2, 0) is 19.2 Å². The molecule has 0 aliphatic carbocycles. The van der Waals surface area contributed by atoms with Crippen LogP contribution in [0.4, 0.5) is 0 Å². The second kappa shape index (κ2) is 28.8. The molecule has 0 saturated heterocycles. The number of hydrogen-bond donors (Lipinski definition) is 6. The quantitative estimate of drug-likeness (QED) is 0.0844. The number of carbonyl (C=O) groups excluding carboxylic acids is 4. The lowest BCUT2D eigenvalue weighted by Gasteiger charge is -2.18. The largest absolute Gasteiger partial charge is 0.321 e. The molecule has 0 aromatic carbocycles. The van der Waals surface area contributed by atoms with Gasteiger partial charge in [-0.25, -0.2) is 0 Å². The number of rotatable bonds is 19. The molecule has 0 bridgehead atoms. The van der Waals surface area contributed by atoms with E-state index in [0.29, 0.717) is 36.4 Å². The summed E-state index contributed by atoms with van der Waals surface area (Å²) in [6, 6.07) is -0.995. The molecule has 5 N–H and O–H groups in total. The summed E-state index contributed by atoms with van der Waals surface area (Å²) in [5, 5.41) is 3.18. The molecular formula is C24H49N3O4S3. The van der Waals surface area contributed by atoms with E-state index >= 15 is 0 Å². The van der Waals surface area contributed by atoms with Crippen molar-refractivity contribution >= 4 is 62.0 Å². The third kappa shape index (κ3) is 27.9. The smallest absolute Gasteiger partial charge is 0.147 e. The van der Waals surface area contributed by atoms with Crippen LogP contribution in [-0.4, -0.2) is 66.1 Å². The molecule has 10 heteroatoms. The van der Waals surface area contributed by atoms with Crippen molar-refractivity contribution in [3.8, 4) is 0 Å². The molecule has 0 aromatic rings. The van der Waals surface area contributed by atoms with Crippen LogP contribution in [0.3, 0.4) is 0 Å². The number of nitrogens with two attached hydrogens (primary N) is 2. The average molecular weight is 540 g/mol. The summed E-state index contributed by atoms with van der Waals surface area (Å²) in [6.07, 6.45) is 12.5. The second-order valence-corrected chi connectivity index (χ2v) is 9.39. The fourth-order valence-corrected chi connectivity index (χ4v) is 3.24. The van der Waals surface area contributed by atoms with Crippen molar-refractivity contribution < 1.29 is 19.2 Å². The molecule has 1 unspecified atom stereocenters. The number of Topliss-reactive ketones (excluding diaryl/α,β-unsaturated/α-hetero) is 2. The van der Waals surface area contributed by atoms with Gasteiger partial charge in [0.2, 0.25) is 0 Å². The van der Waals surface area contributed by atoms with Crippen LogP contribution in [0.5, 0.6) is 0 Å². The summed E-state index contributed by atoms with van der Waals surface area (Å²) in [5.41, 5.74) is 10.1. The topological polar surface area (TPSA) is 132 Å². The van der Waals surface area contributed by atoms with Gasteiger partial charge in [0.15, 0.2) is 0 Å². The van der Waals surface area contributed by atoms with Crippen LogP contribution in [0.2, 0.25) is 0 Å². The van der Waals surface area contributed by atoms with Crippen molar-refractivity contribution in [3.63, 3.8) is 0 Å². The van der Waals surface area contributed by atoms with Crippen molar-refractivity contribution in [3.05, 3.63) is 0 Å². The molecule has 0 aliphatic heterocycles. The normalized spacial score (nSPS) is 13.8. The lowest BCUT2D eigenvalue weighted by Crippen LogP contribution is -2.41. The van der Waals surface area contributed by atoms with E-state index in [1.807, 2.05) is 0 Å². The first-order valence-corrected chi connectivity index (χ1v) is 14.0. The van der Waals surface area contributed by atoms with Crippen molar-refractivity contribution in [1.82, 2.24) is 5.32 Å². The Morgan fingerprint density at radius 3 is 1.50 bits per heavy atom. The van der Waals surface area contributed by atoms with Crippen molar-refractivity contribution in [2.75, 3.05) is 23.8 Å². The number of thiol groups is 3. The minimum absolute atomic E-state index is 0.0295. The Balaban J connectivity index is -0.000000653. The first-order valence-electron chi connectivity index (χ1n) is 12.1. The fourth-order valence-electron chi connectivity index (χ4n) is 2.68. The Hall–Kier alpha value is -0.390. The first kappa shape index (κ1) is 38.1.